The summed E-state index contributed by atoms with van der Waals surface area (Å²) in [6.07, 6.45) is 3.68. The van der Waals surface area contributed by atoms with E-state index in [1.165, 1.54) is 19.3 Å². The SMILES string of the molecule is CC1CCCCN1CC(=O)NCc1cccc(Cl)c1. The fraction of sp³-hybridized carbons (Fsp3) is 0.533. The Morgan fingerprint density at radius 1 is 1.47 bits per heavy atom. The third kappa shape index (κ3) is 4.51. The van der Waals surface area contributed by atoms with E-state index in [-0.39, 0.29) is 5.91 Å². The summed E-state index contributed by atoms with van der Waals surface area (Å²) in [4.78, 5) is 14.2. The lowest BCUT2D eigenvalue weighted by Crippen LogP contribution is -2.44. The maximum Gasteiger partial charge on any atom is 0.234 e. The van der Waals surface area contributed by atoms with E-state index >= 15 is 0 Å². The van der Waals surface area contributed by atoms with E-state index in [2.05, 4.69) is 17.1 Å². The average Bonchev–Trinajstić information content (AvgIpc) is 2.39. The van der Waals surface area contributed by atoms with Gasteiger partial charge in [-0.1, -0.05) is 30.2 Å². The number of amides is 1. The van der Waals surface area contributed by atoms with Crippen molar-refractivity contribution in [3.63, 3.8) is 0 Å². The number of likely N-dealkylation sites (tertiary alicyclic amines) is 1. The van der Waals surface area contributed by atoms with Crippen molar-refractivity contribution in [3.05, 3.63) is 34.9 Å². The minimum atomic E-state index is 0.0914. The molecule has 0 saturated carbocycles. The summed E-state index contributed by atoms with van der Waals surface area (Å²) in [7, 11) is 0. The molecule has 104 valence electrons. The molecule has 1 aromatic rings. The van der Waals surface area contributed by atoms with Crippen LogP contribution in [0, 0.1) is 0 Å². The summed E-state index contributed by atoms with van der Waals surface area (Å²) in [5.41, 5.74) is 1.03. The van der Waals surface area contributed by atoms with Crippen LogP contribution in [0.5, 0.6) is 0 Å². The number of hydrogen-bond donors (Lipinski definition) is 1. The predicted octanol–water partition coefficient (Wildman–Crippen LogP) is 2.83. The molecule has 1 amide bonds. The van der Waals surface area contributed by atoms with Crippen molar-refractivity contribution in [1.29, 1.82) is 0 Å². The van der Waals surface area contributed by atoms with E-state index in [4.69, 9.17) is 11.6 Å². The predicted molar refractivity (Wildman–Crippen MR) is 78.2 cm³/mol. The van der Waals surface area contributed by atoms with Gasteiger partial charge in [0.1, 0.15) is 0 Å². The molecule has 1 heterocycles. The molecule has 4 heteroatoms. The number of rotatable bonds is 4. The molecule has 3 nitrogen and oxygen atoms in total. The van der Waals surface area contributed by atoms with E-state index < -0.39 is 0 Å². The molecule has 19 heavy (non-hydrogen) atoms. The van der Waals surface area contributed by atoms with Gasteiger partial charge < -0.3 is 5.32 Å². The number of hydrogen-bond acceptors (Lipinski definition) is 2. The molecule has 1 atom stereocenters. The van der Waals surface area contributed by atoms with Gasteiger partial charge in [-0.3, -0.25) is 9.69 Å². The highest BCUT2D eigenvalue weighted by Gasteiger charge is 2.20. The second-order valence-electron chi connectivity index (χ2n) is 5.22. The van der Waals surface area contributed by atoms with Crippen LogP contribution in [-0.2, 0) is 11.3 Å². The number of halogens is 1. The molecule has 0 spiro atoms. The Balaban J connectivity index is 1.78. The molecule has 1 saturated heterocycles. The first kappa shape index (κ1) is 14.4. The maximum atomic E-state index is 11.9. The lowest BCUT2D eigenvalue weighted by atomic mass is 10.0. The Labute approximate surface area is 119 Å². The van der Waals surface area contributed by atoms with E-state index in [0.29, 0.717) is 24.2 Å². The first-order chi connectivity index (χ1) is 9.15. The highest BCUT2D eigenvalue weighted by Crippen LogP contribution is 2.15. The Hall–Kier alpha value is -1.06. The number of carbonyl (C=O) groups excluding carboxylic acids is 1. The van der Waals surface area contributed by atoms with Gasteiger partial charge >= 0.3 is 0 Å². The molecule has 1 aliphatic rings. The quantitative estimate of drug-likeness (QED) is 0.920. The number of nitrogens with zero attached hydrogens (tertiary/aromatic N) is 1. The van der Waals surface area contributed by atoms with Crippen LogP contribution in [0.15, 0.2) is 24.3 Å². The van der Waals surface area contributed by atoms with Gasteiger partial charge in [0, 0.05) is 17.6 Å². The van der Waals surface area contributed by atoms with Gasteiger partial charge in [-0.25, -0.2) is 0 Å². The number of nitrogens with one attached hydrogen (secondary N) is 1. The van der Waals surface area contributed by atoms with Crippen molar-refractivity contribution in [3.8, 4) is 0 Å². The Morgan fingerprint density at radius 3 is 3.05 bits per heavy atom. The maximum absolute atomic E-state index is 11.9. The van der Waals surface area contributed by atoms with Crippen LogP contribution in [0.2, 0.25) is 5.02 Å². The fourth-order valence-corrected chi connectivity index (χ4v) is 2.69. The van der Waals surface area contributed by atoms with Crippen LogP contribution in [0.25, 0.3) is 0 Å². The molecule has 1 aromatic carbocycles. The van der Waals surface area contributed by atoms with Gasteiger partial charge in [0.05, 0.1) is 6.54 Å². The van der Waals surface area contributed by atoms with Crippen LogP contribution in [0.3, 0.4) is 0 Å². The van der Waals surface area contributed by atoms with Crippen LogP contribution in [0.1, 0.15) is 31.7 Å². The topological polar surface area (TPSA) is 32.3 Å². The van der Waals surface area contributed by atoms with Gasteiger partial charge in [0.15, 0.2) is 0 Å². The second kappa shape index (κ2) is 6.92. The van der Waals surface area contributed by atoms with Gasteiger partial charge in [-0.05, 0) is 44.0 Å². The molecular weight excluding hydrogens is 260 g/mol. The summed E-state index contributed by atoms with van der Waals surface area (Å²) in [5, 5.41) is 3.66. The second-order valence-corrected chi connectivity index (χ2v) is 5.66. The van der Waals surface area contributed by atoms with Crippen molar-refractivity contribution >= 4 is 17.5 Å². The highest BCUT2D eigenvalue weighted by atomic mass is 35.5. The Bertz CT molecular complexity index is 436. The van der Waals surface area contributed by atoms with Crippen LogP contribution in [0.4, 0.5) is 0 Å². The lowest BCUT2D eigenvalue weighted by molar-refractivity contribution is -0.123. The number of carbonyl (C=O) groups is 1. The third-order valence-corrected chi connectivity index (χ3v) is 3.90. The molecule has 2 rings (SSSR count). The first-order valence-electron chi connectivity index (χ1n) is 6.90. The van der Waals surface area contributed by atoms with Crippen molar-refractivity contribution < 1.29 is 4.79 Å². The summed E-state index contributed by atoms with van der Waals surface area (Å²) in [6, 6.07) is 8.10. The minimum absolute atomic E-state index is 0.0914. The number of benzene rings is 1. The zero-order valence-corrected chi connectivity index (χ0v) is 12.1. The monoisotopic (exact) mass is 280 g/mol. The standard InChI is InChI=1S/C15H21ClN2O/c1-12-5-2-3-8-18(12)11-15(19)17-10-13-6-4-7-14(16)9-13/h4,6-7,9,12H,2-3,5,8,10-11H2,1H3,(H,17,19). The van der Waals surface area contributed by atoms with Crippen LogP contribution >= 0.6 is 11.6 Å². The molecule has 1 aliphatic heterocycles. The summed E-state index contributed by atoms with van der Waals surface area (Å²) >= 11 is 5.91. The van der Waals surface area contributed by atoms with Crippen molar-refractivity contribution in [2.24, 2.45) is 0 Å². The molecule has 0 aromatic heterocycles. The van der Waals surface area contributed by atoms with Crippen molar-refractivity contribution in [2.75, 3.05) is 13.1 Å². The van der Waals surface area contributed by atoms with Crippen LogP contribution in [-0.4, -0.2) is 29.9 Å². The zero-order chi connectivity index (χ0) is 13.7. The molecule has 1 unspecified atom stereocenters. The van der Waals surface area contributed by atoms with E-state index in [9.17, 15) is 4.79 Å². The molecule has 1 N–H and O–H groups in total. The van der Waals surface area contributed by atoms with Gasteiger partial charge in [0.25, 0.3) is 0 Å². The molecule has 0 bridgehead atoms. The normalized spacial score (nSPS) is 20.2. The fourth-order valence-electron chi connectivity index (χ4n) is 2.48. The van der Waals surface area contributed by atoms with E-state index in [0.717, 1.165) is 12.1 Å². The lowest BCUT2D eigenvalue weighted by Gasteiger charge is -2.32. The first-order valence-corrected chi connectivity index (χ1v) is 7.28. The van der Waals surface area contributed by atoms with E-state index in [1.54, 1.807) is 0 Å². The van der Waals surface area contributed by atoms with Gasteiger partial charge in [0.2, 0.25) is 5.91 Å². The summed E-state index contributed by atoms with van der Waals surface area (Å²) in [5.74, 6) is 0.0914. The summed E-state index contributed by atoms with van der Waals surface area (Å²) < 4.78 is 0. The van der Waals surface area contributed by atoms with Crippen molar-refractivity contribution in [1.82, 2.24) is 10.2 Å². The molecular formula is C15H21ClN2O. The third-order valence-electron chi connectivity index (χ3n) is 3.67. The van der Waals surface area contributed by atoms with Gasteiger partial charge in [-0.15, -0.1) is 0 Å². The molecule has 0 radical (unpaired) electrons. The Kier molecular flexibility index (Phi) is 5.23. The largest absolute Gasteiger partial charge is 0.351 e. The zero-order valence-electron chi connectivity index (χ0n) is 11.4. The Morgan fingerprint density at radius 2 is 2.32 bits per heavy atom. The molecule has 1 fully saturated rings. The summed E-state index contributed by atoms with van der Waals surface area (Å²) in [6.45, 7) is 4.28. The highest BCUT2D eigenvalue weighted by molar-refractivity contribution is 6.30. The number of piperidine rings is 1. The average molecular weight is 281 g/mol. The van der Waals surface area contributed by atoms with E-state index in [1.807, 2.05) is 24.3 Å². The molecule has 0 aliphatic carbocycles. The van der Waals surface area contributed by atoms with Crippen LogP contribution < -0.4 is 5.32 Å². The smallest absolute Gasteiger partial charge is 0.234 e. The van der Waals surface area contributed by atoms with Gasteiger partial charge in [-0.2, -0.15) is 0 Å². The minimum Gasteiger partial charge on any atom is -0.351 e. The van der Waals surface area contributed by atoms with Crippen molar-refractivity contribution in [2.45, 2.75) is 38.8 Å².